The molecule has 15 nitrogen and oxygen atoms in total. The van der Waals surface area contributed by atoms with Crippen molar-refractivity contribution in [3.05, 3.63) is 103 Å². The van der Waals surface area contributed by atoms with Crippen molar-refractivity contribution in [3.63, 3.8) is 0 Å². The number of benzene rings is 3. The maximum absolute atomic E-state index is 13.6. The molecule has 0 aromatic heterocycles. The second-order valence-corrected chi connectivity index (χ2v) is 11.6. The van der Waals surface area contributed by atoms with E-state index in [2.05, 4.69) is 63.1 Å². The molecule has 3 aromatic carbocycles. The minimum Gasteiger partial charge on any atom is -0.478 e. The van der Waals surface area contributed by atoms with Crippen LogP contribution in [0, 0.1) is 69.8 Å². The number of ether oxygens (including phenoxy) is 1. The summed E-state index contributed by atoms with van der Waals surface area (Å²) >= 11 is 13.3. The Morgan fingerprint density at radius 3 is 1.32 bits per heavy atom. The molecule has 0 fully saturated rings. The van der Waals surface area contributed by atoms with Crippen molar-refractivity contribution in [1.82, 2.24) is 16.2 Å². The number of hydrazone groups is 1. The Bertz CT molecular complexity index is 2360. The second kappa shape index (κ2) is 19.8. The first-order valence-electron chi connectivity index (χ1n) is 14.2. The van der Waals surface area contributed by atoms with Crippen LogP contribution >= 0.6 is 36.7 Å². The summed E-state index contributed by atoms with van der Waals surface area (Å²) in [5.41, 5.74) is 6.02. The van der Waals surface area contributed by atoms with E-state index in [1.807, 2.05) is 5.43 Å². The average molecular weight is 914 g/mol. The average Bonchev–Trinajstić information content (AvgIpc) is 3.73. The van der Waals surface area contributed by atoms with Crippen molar-refractivity contribution in [2.75, 3.05) is 6.54 Å². The number of fused-ring (bicyclic) bond motifs is 1. The molecule has 2 aliphatic rings. The Kier molecular flexibility index (Phi) is 16.3. The monoisotopic (exact) mass is 913 g/mol. The van der Waals surface area contributed by atoms with E-state index in [4.69, 9.17) is 21.7 Å². The lowest BCUT2D eigenvalue weighted by atomic mass is 9.99. The summed E-state index contributed by atoms with van der Waals surface area (Å²) in [6.45, 7) is -0.808. The smallest absolute Gasteiger partial charge is 0.350 e. The van der Waals surface area contributed by atoms with Crippen molar-refractivity contribution in [2.24, 2.45) is 22.4 Å². The first-order chi connectivity index (χ1) is 27.2. The van der Waals surface area contributed by atoms with E-state index in [1.165, 1.54) is 0 Å². The van der Waals surface area contributed by atoms with Gasteiger partial charge in [0.1, 0.15) is 27.2 Å². The Morgan fingerprint density at radius 2 is 0.983 bits per heavy atom. The number of esters is 2. The van der Waals surface area contributed by atoms with Crippen molar-refractivity contribution in [2.45, 2.75) is 6.42 Å². The van der Waals surface area contributed by atoms with Crippen LogP contribution in [0.2, 0.25) is 0 Å². The number of rotatable bonds is 6. The molecule has 0 radical (unpaired) electrons. The zero-order chi connectivity index (χ0) is 45.5. The van der Waals surface area contributed by atoms with Gasteiger partial charge in [0, 0.05) is 6.42 Å². The number of nitrogens with one attached hydrogen (secondary N) is 3. The van der Waals surface area contributed by atoms with Gasteiger partial charge in [0.15, 0.2) is 85.8 Å². The van der Waals surface area contributed by atoms with Gasteiger partial charge in [-0.05, 0) is 24.4 Å². The molecule has 11 N–H and O–H groups in total. The number of carbonyl (C=O) groups excluding carboxylic acids is 3. The third-order valence-corrected chi connectivity index (χ3v) is 7.10. The van der Waals surface area contributed by atoms with Gasteiger partial charge in [-0.15, -0.1) is 0 Å². The molecule has 59 heavy (non-hydrogen) atoms. The number of nitrogens with two attached hydrogens (primary N) is 3. The number of nitrogens with zero attached hydrogens (tertiary/aromatic N) is 1. The minimum absolute atomic E-state index is 0.116. The Labute approximate surface area is 333 Å². The summed E-state index contributed by atoms with van der Waals surface area (Å²) in [6, 6.07) is 0. The number of carboxylic acid groups (broad SMARTS) is 2. The van der Waals surface area contributed by atoms with Crippen LogP contribution in [0.15, 0.2) is 5.10 Å². The minimum atomic E-state index is -2.32. The molecule has 0 unspecified atom stereocenters. The zero-order valence-corrected chi connectivity index (χ0v) is 30.1. The highest BCUT2D eigenvalue weighted by Crippen LogP contribution is 2.30. The van der Waals surface area contributed by atoms with Crippen LogP contribution in [0.1, 0.15) is 63.8 Å². The summed E-state index contributed by atoms with van der Waals surface area (Å²) in [7, 11) is 0. The number of cyclic esters (lactones) is 2. The summed E-state index contributed by atoms with van der Waals surface area (Å²) in [5.74, 6) is -29.0. The number of thiocarbonyl (C=S) groups is 3. The molecule has 0 atom stereocenters. The summed E-state index contributed by atoms with van der Waals surface area (Å²) in [5, 5.41) is 22.8. The quantitative estimate of drug-likeness (QED) is 0.0203. The molecular weight excluding hydrogens is 899 g/mol. The Balaban J connectivity index is 0.000000290. The van der Waals surface area contributed by atoms with Gasteiger partial charge in [-0.1, -0.05) is 12.2 Å². The Hall–Kier alpha value is -6.53. The van der Waals surface area contributed by atoms with Crippen LogP contribution in [0.5, 0.6) is 0 Å². The molecule has 0 amide bonds. The highest BCUT2D eigenvalue weighted by Gasteiger charge is 2.41. The van der Waals surface area contributed by atoms with E-state index in [0.29, 0.717) is 0 Å². The molecule has 3 aromatic rings. The molecule has 2 aliphatic heterocycles. The maximum Gasteiger partial charge on any atom is 0.350 e. The molecule has 0 aliphatic carbocycles. The number of halogens is 12. The van der Waals surface area contributed by atoms with Crippen LogP contribution in [0.4, 0.5) is 52.7 Å². The number of carbonyl (C=O) groups is 5. The van der Waals surface area contributed by atoms with Crippen LogP contribution < -0.4 is 33.5 Å². The number of carboxylic acids is 2. The first-order valence-corrected chi connectivity index (χ1v) is 15.5. The number of ketones is 1. The normalized spacial score (nSPS) is 12.2. The standard InChI is InChI=1S/C10H6F4N2O3S.C10H4F4N2O2S.C8F4O3.CH5N3S/c11-5-3(2(17)1-16-10(15)20)4(9(18)19)6(12)8(14)7(5)13;11-6-4(2-1-3(19)16-15-2)5(10(17)18)7(12)9(14)8(6)13;9-3-1-2(8(14)15-7(1)13)4(10)6(12)5(3)11;2-1(5)4-3/h1H2,(H,18,19)(H3,15,16,20);1H2,(H,16,19)(H,17,18);;3H2,(H3,2,4,5). The number of Topliss-reactive ketones (excluding diaryl/α,β-unsaturated/α-hetero) is 1. The van der Waals surface area contributed by atoms with Crippen LogP contribution in [0.25, 0.3) is 0 Å². The van der Waals surface area contributed by atoms with Crippen molar-refractivity contribution < 1.29 is 91.6 Å². The van der Waals surface area contributed by atoms with Gasteiger partial charge >= 0.3 is 23.9 Å². The molecule has 0 spiro atoms. The van der Waals surface area contributed by atoms with Crippen LogP contribution in [-0.2, 0) is 4.74 Å². The van der Waals surface area contributed by atoms with E-state index in [1.54, 1.807) is 0 Å². The fourth-order valence-corrected chi connectivity index (χ4v) is 4.41. The van der Waals surface area contributed by atoms with Crippen LogP contribution in [-0.4, -0.2) is 67.3 Å². The van der Waals surface area contributed by atoms with Gasteiger partial charge < -0.3 is 37.2 Å². The van der Waals surface area contributed by atoms with Crippen molar-refractivity contribution in [3.8, 4) is 0 Å². The van der Waals surface area contributed by atoms with Gasteiger partial charge in [-0.2, -0.15) is 5.10 Å². The van der Waals surface area contributed by atoms with Gasteiger partial charge in [-0.3, -0.25) is 10.2 Å². The molecule has 0 bridgehead atoms. The van der Waals surface area contributed by atoms with Gasteiger partial charge in [0.25, 0.3) is 0 Å². The number of aromatic carboxylic acids is 2. The number of hydrogen-bond donors (Lipinski definition) is 8. The predicted molar refractivity (Wildman–Crippen MR) is 183 cm³/mol. The van der Waals surface area contributed by atoms with Crippen molar-refractivity contribution >= 4 is 87.2 Å². The molecule has 30 heteroatoms. The number of hydrazine groups is 1. The lowest BCUT2D eigenvalue weighted by Crippen LogP contribution is -2.35. The molecule has 0 saturated heterocycles. The fraction of sp³-hybridized carbons (Fsp3) is 0.0690. The topological polar surface area (TPSA) is 262 Å². The third kappa shape index (κ3) is 10.5. The summed E-state index contributed by atoms with van der Waals surface area (Å²) in [6.07, 6.45) is -0.197. The Morgan fingerprint density at radius 1 is 0.627 bits per heavy atom. The first kappa shape index (κ1) is 48.6. The fourth-order valence-electron chi connectivity index (χ4n) is 4.16. The maximum atomic E-state index is 13.6. The predicted octanol–water partition coefficient (Wildman–Crippen LogP) is 3.17. The SMILES string of the molecule is NC(=S)NCC(=O)c1c(F)c(F)c(F)c(F)c1C(=O)O.NNC(N)=S.O=C(O)c1c(F)c(F)c(F)c(F)c1C1=NNC(=S)C1.O=C1OC(=O)c2c(F)c(F)c(F)c(F)c21. The lowest BCUT2D eigenvalue weighted by Gasteiger charge is -2.10. The molecule has 5 rings (SSSR count). The highest BCUT2D eigenvalue weighted by atomic mass is 32.1. The largest absolute Gasteiger partial charge is 0.478 e. The van der Waals surface area contributed by atoms with E-state index >= 15 is 0 Å². The summed E-state index contributed by atoms with van der Waals surface area (Å²) < 4.78 is 161. The summed E-state index contributed by atoms with van der Waals surface area (Å²) in [4.78, 5) is 54.9. The van der Waals surface area contributed by atoms with E-state index in [-0.39, 0.29) is 27.3 Å². The van der Waals surface area contributed by atoms with Crippen LogP contribution in [0.3, 0.4) is 0 Å². The molecule has 2 heterocycles. The highest BCUT2D eigenvalue weighted by molar-refractivity contribution is 7.80. The van der Waals surface area contributed by atoms with E-state index in [9.17, 15) is 76.7 Å². The molecule has 0 saturated carbocycles. The van der Waals surface area contributed by atoms with Gasteiger partial charge in [0.05, 0.1) is 23.4 Å². The number of hydrogen-bond acceptors (Lipinski definition) is 11. The van der Waals surface area contributed by atoms with Gasteiger partial charge in [0.2, 0.25) is 0 Å². The third-order valence-electron chi connectivity index (χ3n) is 6.60. The lowest BCUT2D eigenvalue weighted by molar-refractivity contribution is 0.0438. The zero-order valence-electron chi connectivity index (χ0n) is 27.7. The molecule has 316 valence electrons. The second-order valence-electron chi connectivity index (χ2n) is 10.2. The van der Waals surface area contributed by atoms with E-state index in [0.717, 1.165) is 0 Å². The van der Waals surface area contributed by atoms with Crippen molar-refractivity contribution in [1.29, 1.82) is 0 Å². The van der Waals surface area contributed by atoms with E-state index < -0.39 is 139 Å². The van der Waals surface area contributed by atoms with Gasteiger partial charge in [-0.25, -0.2) is 77.7 Å². The molecular formula is C29H15F12N7O8S3.